The predicted octanol–water partition coefficient (Wildman–Crippen LogP) is 2.98. The molecule has 0 aliphatic heterocycles. The summed E-state index contributed by atoms with van der Waals surface area (Å²) < 4.78 is 0. The van der Waals surface area contributed by atoms with Crippen LogP contribution in [0.25, 0.3) is 10.9 Å². The molecule has 1 heterocycles. The minimum absolute atomic E-state index is 0.151. The summed E-state index contributed by atoms with van der Waals surface area (Å²) in [6.07, 6.45) is 0. The van der Waals surface area contributed by atoms with E-state index < -0.39 is 10.5 Å². The van der Waals surface area contributed by atoms with Gasteiger partial charge in [-0.1, -0.05) is 29.8 Å². The molecule has 7 heteroatoms. The van der Waals surface area contributed by atoms with Crippen LogP contribution in [0, 0.1) is 10.1 Å². The molecule has 2 N–H and O–H groups in total. The summed E-state index contributed by atoms with van der Waals surface area (Å²) in [6.45, 7) is 3.37. The van der Waals surface area contributed by atoms with Gasteiger partial charge in [-0.15, -0.1) is 0 Å². The molecule has 106 valence electrons. The minimum Gasteiger partial charge on any atom is -0.389 e. The first-order valence-electron chi connectivity index (χ1n) is 5.98. The van der Waals surface area contributed by atoms with Gasteiger partial charge in [-0.05, 0) is 19.9 Å². The van der Waals surface area contributed by atoms with Gasteiger partial charge in [-0.3, -0.25) is 10.1 Å². The Hall–Kier alpha value is -1.92. The molecule has 1 aromatic carbocycles. The molecule has 20 heavy (non-hydrogen) atoms. The third-order valence-corrected chi connectivity index (χ3v) is 2.97. The summed E-state index contributed by atoms with van der Waals surface area (Å²) in [5, 5.41) is 24.3. The Kier molecular flexibility index (Phi) is 3.78. The maximum Gasteiger partial charge on any atom is 0.329 e. The molecule has 0 atom stereocenters. The van der Waals surface area contributed by atoms with Crippen LogP contribution in [0.4, 0.5) is 11.4 Å². The van der Waals surface area contributed by atoms with Gasteiger partial charge in [0.15, 0.2) is 0 Å². The van der Waals surface area contributed by atoms with E-state index in [0.29, 0.717) is 10.9 Å². The van der Waals surface area contributed by atoms with Crippen molar-refractivity contribution in [2.45, 2.75) is 19.4 Å². The van der Waals surface area contributed by atoms with Gasteiger partial charge in [0.1, 0.15) is 5.69 Å². The minimum atomic E-state index is -1.01. The molecule has 6 nitrogen and oxygen atoms in total. The number of nitrogens with one attached hydrogen (secondary N) is 1. The number of nitrogens with zero attached hydrogens (tertiary/aromatic N) is 2. The zero-order chi connectivity index (χ0) is 14.9. The number of halogens is 1. The van der Waals surface area contributed by atoms with E-state index in [9.17, 15) is 15.2 Å². The maximum atomic E-state index is 11.2. The third-order valence-electron chi connectivity index (χ3n) is 2.70. The number of rotatable bonds is 4. The number of nitro groups is 1. The molecule has 0 amide bonds. The molecule has 0 saturated carbocycles. The van der Waals surface area contributed by atoms with E-state index >= 15 is 0 Å². The SMILES string of the molecule is CC(C)(O)CNc1c([N+](=O)[O-])c(Cl)nc2ccccc12. The largest absolute Gasteiger partial charge is 0.389 e. The van der Waals surface area contributed by atoms with Crippen LogP contribution in [0.3, 0.4) is 0 Å². The van der Waals surface area contributed by atoms with Crippen LogP contribution in [-0.2, 0) is 0 Å². The lowest BCUT2D eigenvalue weighted by Gasteiger charge is -2.19. The molecule has 0 spiro atoms. The van der Waals surface area contributed by atoms with Crippen LogP contribution in [-0.4, -0.2) is 27.2 Å². The van der Waals surface area contributed by atoms with E-state index in [1.165, 1.54) is 0 Å². The van der Waals surface area contributed by atoms with Gasteiger partial charge in [0, 0.05) is 11.9 Å². The Labute approximate surface area is 120 Å². The highest BCUT2D eigenvalue weighted by Gasteiger charge is 2.25. The smallest absolute Gasteiger partial charge is 0.329 e. The fourth-order valence-electron chi connectivity index (χ4n) is 1.82. The molecule has 0 saturated heterocycles. The van der Waals surface area contributed by atoms with Crippen molar-refractivity contribution >= 4 is 33.9 Å². The Bertz CT molecular complexity index is 668. The van der Waals surface area contributed by atoms with E-state index in [1.807, 2.05) is 0 Å². The first-order chi connectivity index (χ1) is 9.29. The van der Waals surface area contributed by atoms with Crippen molar-refractivity contribution in [3.63, 3.8) is 0 Å². The number of para-hydroxylation sites is 1. The molecule has 0 radical (unpaired) electrons. The molecular weight excluding hydrogens is 282 g/mol. The first kappa shape index (κ1) is 14.5. The topological polar surface area (TPSA) is 88.3 Å². The Morgan fingerprint density at radius 2 is 2.10 bits per heavy atom. The van der Waals surface area contributed by atoms with Gasteiger partial charge in [0.2, 0.25) is 5.15 Å². The zero-order valence-corrected chi connectivity index (χ0v) is 11.8. The fourth-order valence-corrected chi connectivity index (χ4v) is 2.08. The third kappa shape index (κ3) is 2.97. The van der Waals surface area contributed by atoms with Crippen molar-refractivity contribution in [2.75, 3.05) is 11.9 Å². The lowest BCUT2D eigenvalue weighted by Crippen LogP contribution is -2.29. The monoisotopic (exact) mass is 295 g/mol. The average molecular weight is 296 g/mol. The highest BCUT2D eigenvalue weighted by atomic mass is 35.5. The molecule has 2 rings (SSSR count). The predicted molar refractivity (Wildman–Crippen MR) is 78.2 cm³/mol. The molecule has 0 aliphatic carbocycles. The van der Waals surface area contributed by atoms with Crippen LogP contribution < -0.4 is 5.32 Å². The lowest BCUT2D eigenvalue weighted by molar-refractivity contribution is -0.384. The van der Waals surface area contributed by atoms with E-state index in [-0.39, 0.29) is 23.1 Å². The van der Waals surface area contributed by atoms with E-state index in [4.69, 9.17) is 11.6 Å². The van der Waals surface area contributed by atoms with Gasteiger partial charge in [0.25, 0.3) is 0 Å². The number of anilines is 1. The molecule has 0 bridgehead atoms. The number of hydrogen-bond donors (Lipinski definition) is 2. The Morgan fingerprint density at radius 3 is 2.70 bits per heavy atom. The molecule has 0 aliphatic rings. The second-order valence-electron chi connectivity index (χ2n) is 5.07. The number of hydrogen-bond acceptors (Lipinski definition) is 5. The quantitative estimate of drug-likeness (QED) is 0.514. The van der Waals surface area contributed by atoms with Crippen molar-refractivity contribution < 1.29 is 10.0 Å². The van der Waals surface area contributed by atoms with Crippen LogP contribution in [0.15, 0.2) is 24.3 Å². The molecule has 0 fully saturated rings. The summed E-state index contributed by atoms with van der Waals surface area (Å²) >= 11 is 5.90. The van der Waals surface area contributed by atoms with Gasteiger partial charge in [-0.2, -0.15) is 0 Å². The van der Waals surface area contributed by atoms with Crippen LogP contribution in [0.1, 0.15) is 13.8 Å². The number of pyridine rings is 1. The maximum absolute atomic E-state index is 11.2. The van der Waals surface area contributed by atoms with Crippen LogP contribution >= 0.6 is 11.6 Å². The Morgan fingerprint density at radius 1 is 1.45 bits per heavy atom. The lowest BCUT2D eigenvalue weighted by atomic mass is 10.1. The van der Waals surface area contributed by atoms with Crippen LogP contribution in [0.5, 0.6) is 0 Å². The summed E-state index contributed by atoms with van der Waals surface area (Å²) in [7, 11) is 0. The zero-order valence-electron chi connectivity index (χ0n) is 11.1. The number of aliphatic hydroxyl groups is 1. The van der Waals surface area contributed by atoms with Crippen molar-refractivity contribution in [2.24, 2.45) is 0 Å². The fraction of sp³-hybridized carbons (Fsp3) is 0.308. The van der Waals surface area contributed by atoms with Crippen molar-refractivity contribution in [3.05, 3.63) is 39.5 Å². The normalized spacial score (nSPS) is 11.6. The highest BCUT2D eigenvalue weighted by molar-refractivity contribution is 6.33. The summed E-state index contributed by atoms with van der Waals surface area (Å²) in [5.74, 6) is 0. The van der Waals surface area contributed by atoms with Crippen molar-refractivity contribution in [3.8, 4) is 0 Å². The van der Waals surface area contributed by atoms with Crippen LogP contribution in [0.2, 0.25) is 5.15 Å². The van der Waals surface area contributed by atoms with Gasteiger partial charge in [-0.25, -0.2) is 4.98 Å². The van der Waals surface area contributed by atoms with Gasteiger partial charge >= 0.3 is 5.69 Å². The number of benzene rings is 1. The second-order valence-corrected chi connectivity index (χ2v) is 5.42. The van der Waals surface area contributed by atoms with Gasteiger partial charge < -0.3 is 10.4 Å². The summed E-state index contributed by atoms with van der Waals surface area (Å²) in [6, 6.07) is 6.98. The standard InChI is InChI=1S/C13H14ClN3O3/c1-13(2,18)7-15-10-8-5-3-4-6-9(8)16-12(14)11(10)17(19)20/h3-6,18H,7H2,1-2H3,(H,15,16). The second kappa shape index (κ2) is 5.22. The molecular formula is C13H14ClN3O3. The van der Waals surface area contributed by atoms with E-state index in [1.54, 1.807) is 38.1 Å². The van der Waals surface area contributed by atoms with Gasteiger partial charge in [0.05, 0.1) is 16.0 Å². The summed E-state index contributed by atoms with van der Waals surface area (Å²) in [4.78, 5) is 14.6. The molecule has 0 unspecified atom stereocenters. The van der Waals surface area contributed by atoms with E-state index in [0.717, 1.165) is 0 Å². The number of fused-ring (bicyclic) bond motifs is 1. The molecule has 1 aromatic heterocycles. The molecule has 2 aromatic rings. The average Bonchev–Trinajstić information content (AvgIpc) is 2.33. The van der Waals surface area contributed by atoms with E-state index in [2.05, 4.69) is 10.3 Å². The number of aromatic nitrogens is 1. The Balaban J connectivity index is 2.63. The van der Waals surface area contributed by atoms with Crippen molar-refractivity contribution in [1.29, 1.82) is 0 Å². The highest BCUT2D eigenvalue weighted by Crippen LogP contribution is 2.37. The van der Waals surface area contributed by atoms with Crippen molar-refractivity contribution in [1.82, 2.24) is 4.98 Å². The first-order valence-corrected chi connectivity index (χ1v) is 6.36. The summed E-state index contributed by atoms with van der Waals surface area (Å²) in [5.41, 5.74) is -0.464.